The minimum Gasteiger partial charge on any atom is -0.495 e. The summed E-state index contributed by atoms with van der Waals surface area (Å²) in [6, 6.07) is 3.57. The Balaban J connectivity index is 0.00000242. The van der Waals surface area contributed by atoms with Crippen LogP contribution >= 0.6 is 12.4 Å². The highest BCUT2D eigenvalue weighted by molar-refractivity contribution is 7.89. The van der Waals surface area contributed by atoms with E-state index in [1.165, 1.54) is 23.5 Å². The van der Waals surface area contributed by atoms with Crippen LogP contribution in [0.25, 0.3) is 0 Å². The summed E-state index contributed by atoms with van der Waals surface area (Å²) in [6.07, 6.45) is 0. The quantitative estimate of drug-likeness (QED) is 0.641. The molecule has 1 saturated heterocycles. The van der Waals surface area contributed by atoms with Crippen LogP contribution in [-0.4, -0.2) is 50.4 Å². The molecule has 1 atom stereocenters. The highest BCUT2D eigenvalue weighted by atomic mass is 35.5. The largest absolute Gasteiger partial charge is 0.495 e. The highest BCUT2D eigenvalue weighted by Crippen LogP contribution is 2.30. The summed E-state index contributed by atoms with van der Waals surface area (Å²) < 4.78 is 31.7. The minimum absolute atomic E-state index is 0. The average molecular weight is 352 g/mol. The first-order valence-corrected chi connectivity index (χ1v) is 7.86. The van der Waals surface area contributed by atoms with Crippen LogP contribution in [0, 0.1) is 10.1 Å². The van der Waals surface area contributed by atoms with Crippen molar-refractivity contribution in [2.75, 3.05) is 26.7 Å². The summed E-state index contributed by atoms with van der Waals surface area (Å²) in [4.78, 5) is 10.1. The molecule has 8 nitrogen and oxygen atoms in total. The number of non-ortho nitro benzene ring substituents is 1. The Morgan fingerprint density at radius 3 is 2.68 bits per heavy atom. The number of halogens is 1. The van der Waals surface area contributed by atoms with Gasteiger partial charge in [0.1, 0.15) is 10.6 Å². The van der Waals surface area contributed by atoms with Gasteiger partial charge in [-0.25, -0.2) is 8.42 Å². The Morgan fingerprint density at radius 1 is 1.45 bits per heavy atom. The molecule has 0 saturated carbocycles. The molecule has 0 amide bonds. The molecule has 1 aliphatic rings. The molecule has 0 radical (unpaired) electrons. The Kier molecular flexibility index (Phi) is 6.12. The molecule has 1 aromatic rings. The van der Waals surface area contributed by atoms with Gasteiger partial charge in [-0.3, -0.25) is 10.1 Å². The van der Waals surface area contributed by atoms with Gasteiger partial charge >= 0.3 is 0 Å². The summed E-state index contributed by atoms with van der Waals surface area (Å²) in [6.45, 7) is 3.17. The molecule has 1 aromatic carbocycles. The van der Waals surface area contributed by atoms with Gasteiger partial charge in [-0.05, 0) is 13.0 Å². The number of nitro benzene ring substituents is 1. The van der Waals surface area contributed by atoms with Crippen LogP contribution in [0.3, 0.4) is 0 Å². The number of methoxy groups -OCH3 is 1. The molecule has 0 aliphatic carbocycles. The van der Waals surface area contributed by atoms with Gasteiger partial charge in [0.25, 0.3) is 5.69 Å². The molecule has 2 rings (SSSR count). The van der Waals surface area contributed by atoms with Crippen molar-refractivity contribution in [3.63, 3.8) is 0 Å². The zero-order valence-electron chi connectivity index (χ0n) is 12.2. The third kappa shape index (κ3) is 3.67. The number of nitrogens with zero attached hydrogens (tertiary/aromatic N) is 2. The van der Waals surface area contributed by atoms with E-state index in [0.29, 0.717) is 19.6 Å². The van der Waals surface area contributed by atoms with Crippen LogP contribution in [0.15, 0.2) is 23.1 Å². The predicted octanol–water partition coefficient (Wildman–Crippen LogP) is 1.01. The summed E-state index contributed by atoms with van der Waals surface area (Å²) in [7, 11) is -2.44. The van der Waals surface area contributed by atoms with Crippen LogP contribution in [0.4, 0.5) is 5.69 Å². The molecule has 0 aromatic heterocycles. The van der Waals surface area contributed by atoms with Crippen molar-refractivity contribution >= 4 is 28.1 Å². The van der Waals surface area contributed by atoms with Crippen molar-refractivity contribution in [3.05, 3.63) is 28.3 Å². The SMILES string of the molecule is COc1cc([N+](=O)[O-])ccc1S(=O)(=O)N1CCNC(C)C1.Cl. The summed E-state index contributed by atoms with van der Waals surface area (Å²) in [5.41, 5.74) is -0.209. The smallest absolute Gasteiger partial charge is 0.273 e. The van der Waals surface area contributed by atoms with Crippen molar-refractivity contribution in [2.45, 2.75) is 17.9 Å². The predicted molar refractivity (Wildman–Crippen MR) is 83.1 cm³/mol. The van der Waals surface area contributed by atoms with Gasteiger partial charge in [0.15, 0.2) is 0 Å². The second-order valence-corrected chi connectivity index (χ2v) is 6.72. The zero-order chi connectivity index (χ0) is 15.6. The summed E-state index contributed by atoms with van der Waals surface area (Å²) in [5.74, 6) is -0.0182. The molecule has 1 aliphatic heterocycles. The summed E-state index contributed by atoms with van der Waals surface area (Å²) in [5, 5.41) is 13.9. The molecule has 1 unspecified atom stereocenters. The van der Waals surface area contributed by atoms with Crippen LogP contribution in [0.1, 0.15) is 6.92 Å². The highest BCUT2D eigenvalue weighted by Gasteiger charge is 2.31. The van der Waals surface area contributed by atoms with Crippen molar-refractivity contribution in [3.8, 4) is 5.75 Å². The fourth-order valence-electron chi connectivity index (χ4n) is 2.24. The fraction of sp³-hybridized carbons (Fsp3) is 0.500. The van der Waals surface area contributed by atoms with Gasteiger partial charge < -0.3 is 10.1 Å². The normalized spacial score (nSPS) is 19.3. The van der Waals surface area contributed by atoms with Gasteiger partial charge in [-0.2, -0.15) is 4.31 Å². The topological polar surface area (TPSA) is 102 Å². The maximum atomic E-state index is 12.6. The lowest BCUT2D eigenvalue weighted by atomic mass is 10.3. The molecule has 1 heterocycles. The molecule has 124 valence electrons. The van der Waals surface area contributed by atoms with E-state index in [4.69, 9.17) is 4.74 Å². The number of nitro groups is 1. The Labute approximate surface area is 135 Å². The van der Waals surface area contributed by atoms with Crippen LogP contribution < -0.4 is 10.1 Å². The second-order valence-electron chi connectivity index (χ2n) is 4.81. The molecule has 10 heteroatoms. The number of benzene rings is 1. The van der Waals surface area contributed by atoms with Gasteiger partial charge in [-0.15, -0.1) is 12.4 Å². The maximum absolute atomic E-state index is 12.6. The molecular weight excluding hydrogens is 334 g/mol. The standard InChI is InChI=1S/C12H17N3O5S.ClH/c1-9-8-14(6-5-13-9)21(18,19)12-4-3-10(15(16)17)7-11(12)20-2;/h3-4,7,9,13H,5-6,8H2,1-2H3;1H. The zero-order valence-corrected chi connectivity index (χ0v) is 13.8. The number of sulfonamides is 1. The van der Waals surface area contributed by atoms with Crippen LogP contribution in [0.2, 0.25) is 0 Å². The Bertz CT molecular complexity index is 652. The lowest BCUT2D eigenvalue weighted by Gasteiger charge is -2.31. The fourth-order valence-corrected chi connectivity index (χ4v) is 3.90. The summed E-state index contributed by atoms with van der Waals surface area (Å²) >= 11 is 0. The number of ether oxygens (including phenoxy) is 1. The van der Waals surface area contributed by atoms with E-state index in [0.717, 1.165) is 6.07 Å². The van der Waals surface area contributed by atoms with Crippen molar-refractivity contribution in [1.29, 1.82) is 0 Å². The van der Waals surface area contributed by atoms with E-state index in [1.54, 1.807) is 0 Å². The molecule has 1 fully saturated rings. The van der Waals surface area contributed by atoms with Crippen molar-refractivity contribution in [2.24, 2.45) is 0 Å². The van der Waals surface area contributed by atoms with Crippen LogP contribution in [-0.2, 0) is 10.0 Å². The number of rotatable bonds is 4. The number of nitrogens with one attached hydrogen (secondary N) is 1. The molecule has 0 bridgehead atoms. The number of piperazine rings is 1. The third-order valence-corrected chi connectivity index (χ3v) is 5.21. The van der Waals surface area contributed by atoms with E-state index in [-0.39, 0.29) is 34.8 Å². The monoisotopic (exact) mass is 351 g/mol. The molecule has 1 N–H and O–H groups in total. The maximum Gasteiger partial charge on any atom is 0.273 e. The number of hydrogen-bond donors (Lipinski definition) is 1. The first-order chi connectivity index (χ1) is 9.86. The molecule has 0 spiro atoms. The van der Waals surface area contributed by atoms with Crippen molar-refractivity contribution in [1.82, 2.24) is 9.62 Å². The second kappa shape index (κ2) is 7.23. The van der Waals surface area contributed by atoms with E-state index >= 15 is 0 Å². The first kappa shape index (κ1) is 18.6. The first-order valence-electron chi connectivity index (χ1n) is 6.42. The Hall–Kier alpha value is -1.42. The third-order valence-electron chi connectivity index (χ3n) is 3.31. The van der Waals surface area contributed by atoms with E-state index in [1.807, 2.05) is 6.92 Å². The van der Waals surface area contributed by atoms with Gasteiger partial charge in [0.05, 0.1) is 18.1 Å². The minimum atomic E-state index is -3.73. The van der Waals surface area contributed by atoms with E-state index in [2.05, 4.69) is 5.32 Å². The van der Waals surface area contributed by atoms with Gasteiger partial charge in [0, 0.05) is 31.7 Å². The Morgan fingerprint density at radius 2 is 2.14 bits per heavy atom. The van der Waals surface area contributed by atoms with E-state index < -0.39 is 14.9 Å². The lowest BCUT2D eigenvalue weighted by Crippen LogP contribution is -2.51. The number of hydrogen-bond acceptors (Lipinski definition) is 6. The van der Waals surface area contributed by atoms with Crippen molar-refractivity contribution < 1.29 is 18.1 Å². The lowest BCUT2D eigenvalue weighted by molar-refractivity contribution is -0.385. The van der Waals surface area contributed by atoms with Gasteiger partial charge in [-0.1, -0.05) is 0 Å². The molecular formula is C12H18ClN3O5S. The van der Waals surface area contributed by atoms with E-state index in [9.17, 15) is 18.5 Å². The van der Waals surface area contributed by atoms with Gasteiger partial charge in [0.2, 0.25) is 10.0 Å². The molecule has 22 heavy (non-hydrogen) atoms. The average Bonchev–Trinajstić information content (AvgIpc) is 2.46. The van der Waals surface area contributed by atoms with Crippen LogP contribution in [0.5, 0.6) is 5.75 Å².